The van der Waals surface area contributed by atoms with Crippen LogP contribution in [-0.2, 0) is 20.8 Å². The number of carbonyl (C=O) groups is 3. The van der Waals surface area contributed by atoms with Gasteiger partial charge in [0, 0.05) is 17.5 Å². The highest BCUT2D eigenvalue weighted by Gasteiger charge is 2.64. The van der Waals surface area contributed by atoms with Crippen LogP contribution in [0.25, 0.3) is 5.76 Å². The first-order chi connectivity index (χ1) is 16.5. The average molecular weight is 484 g/mol. The molecule has 0 radical (unpaired) electrons. The molecule has 7 N–H and O–H groups in total. The van der Waals surface area contributed by atoms with Crippen LogP contribution in [0.15, 0.2) is 29.0 Å². The van der Waals surface area contributed by atoms with Crippen LogP contribution in [0.5, 0.6) is 5.75 Å². The van der Waals surface area contributed by atoms with Gasteiger partial charge in [-0.2, -0.15) is 0 Å². The molecule has 1 aromatic carbocycles. The molecule has 3 aliphatic carbocycles. The predicted octanol–water partition coefficient (Wildman–Crippen LogP) is 0.389. The molecule has 4 aliphatic rings. The van der Waals surface area contributed by atoms with Gasteiger partial charge in [-0.25, -0.2) is 0 Å². The van der Waals surface area contributed by atoms with E-state index in [9.17, 15) is 34.8 Å². The Hall–Kier alpha value is -3.21. The Bertz CT molecular complexity index is 1230. The maximum absolute atomic E-state index is 13.7. The monoisotopic (exact) mass is 483 g/mol. The van der Waals surface area contributed by atoms with E-state index in [1.807, 2.05) is 6.07 Å². The van der Waals surface area contributed by atoms with Crippen molar-refractivity contribution < 1.29 is 34.8 Å². The second-order valence-corrected chi connectivity index (χ2v) is 10.2. The lowest BCUT2D eigenvalue weighted by Crippen LogP contribution is -2.65. The van der Waals surface area contributed by atoms with Crippen molar-refractivity contribution >= 4 is 23.2 Å². The minimum atomic E-state index is -2.62. The van der Waals surface area contributed by atoms with Crippen molar-refractivity contribution in [2.24, 2.45) is 17.6 Å². The van der Waals surface area contributed by atoms with Gasteiger partial charge in [-0.1, -0.05) is 6.07 Å². The number of Topliss-reactive ketones (excluding diaryl/α,β-unsaturated/α-hetero) is 2. The fraction of sp³-hybridized carbons (Fsp3) is 0.480. The van der Waals surface area contributed by atoms with Crippen molar-refractivity contribution in [3.63, 3.8) is 0 Å². The van der Waals surface area contributed by atoms with Crippen LogP contribution in [0.3, 0.4) is 0 Å². The van der Waals surface area contributed by atoms with E-state index in [1.54, 1.807) is 20.2 Å². The molecule has 2 fully saturated rings. The Morgan fingerprint density at radius 3 is 2.51 bits per heavy atom. The molecule has 1 heterocycles. The SMILES string of the molecule is CN(C)[C@@H]1C(=O)C(C(N)=O)=C(O)[C@@]2(O)C(=O)C3=C(O)c4c(O)cc([C@@H]5CCCN5)cc4C[C@H]3C[C@@H]12. The summed E-state index contributed by atoms with van der Waals surface area (Å²) in [6, 6.07) is 2.47. The maximum Gasteiger partial charge on any atom is 0.255 e. The molecule has 1 saturated carbocycles. The molecule has 5 atom stereocenters. The second kappa shape index (κ2) is 7.91. The van der Waals surface area contributed by atoms with Gasteiger partial charge in [-0.3, -0.25) is 19.3 Å². The van der Waals surface area contributed by atoms with E-state index in [0.29, 0.717) is 12.0 Å². The molecule has 1 saturated heterocycles. The summed E-state index contributed by atoms with van der Waals surface area (Å²) in [4.78, 5) is 40.3. The number of carbonyl (C=O) groups excluding carboxylic acids is 3. The van der Waals surface area contributed by atoms with E-state index >= 15 is 0 Å². The third kappa shape index (κ3) is 3.17. The summed E-state index contributed by atoms with van der Waals surface area (Å²) in [7, 11) is 3.15. The minimum absolute atomic E-state index is 0.0818. The molecule has 0 spiro atoms. The topological polar surface area (TPSA) is 173 Å². The number of aliphatic hydroxyl groups excluding tert-OH is 2. The van der Waals surface area contributed by atoms with Gasteiger partial charge in [0.1, 0.15) is 22.8 Å². The Morgan fingerprint density at radius 2 is 1.91 bits per heavy atom. The smallest absolute Gasteiger partial charge is 0.255 e. The third-order valence-corrected chi connectivity index (χ3v) is 8.01. The molecule has 0 aromatic heterocycles. The van der Waals surface area contributed by atoms with Crippen molar-refractivity contribution in [1.82, 2.24) is 10.2 Å². The van der Waals surface area contributed by atoms with Gasteiger partial charge in [0.15, 0.2) is 11.4 Å². The zero-order chi connectivity index (χ0) is 25.4. The molecule has 0 unspecified atom stereocenters. The number of nitrogens with zero attached hydrogens (tertiary/aromatic N) is 1. The molecule has 0 bridgehead atoms. The Morgan fingerprint density at radius 1 is 1.20 bits per heavy atom. The molecule has 1 aliphatic heterocycles. The van der Waals surface area contributed by atoms with E-state index < -0.39 is 58.0 Å². The number of aliphatic hydroxyl groups is 3. The minimum Gasteiger partial charge on any atom is -0.508 e. The lowest BCUT2D eigenvalue weighted by atomic mass is 9.57. The fourth-order valence-corrected chi connectivity index (χ4v) is 6.47. The molecule has 1 amide bonds. The number of benzene rings is 1. The lowest BCUT2D eigenvalue weighted by molar-refractivity contribution is -0.153. The number of hydrogen-bond donors (Lipinski definition) is 6. The highest BCUT2D eigenvalue weighted by Crippen LogP contribution is 2.52. The number of hydrogen-bond acceptors (Lipinski definition) is 9. The molecular weight excluding hydrogens is 454 g/mol. The van der Waals surface area contributed by atoms with Crippen LogP contribution in [0.4, 0.5) is 0 Å². The Balaban J connectivity index is 1.67. The maximum atomic E-state index is 13.7. The van der Waals surface area contributed by atoms with E-state index in [0.717, 1.165) is 24.9 Å². The number of rotatable bonds is 3. The lowest BCUT2D eigenvalue weighted by Gasteiger charge is -2.50. The van der Waals surface area contributed by atoms with Crippen molar-refractivity contribution in [3.8, 4) is 5.75 Å². The first-order valence-electron chi connectivity index (χ1n) is 11.7. The summed E-state index contributed by atoms with van der Waals surface area (Å²) in [6.45, 7) is 0.874. The zero-order valence-electron chi connectivity index (χ0n) is 19.5. The van der Waals surface area contributed by atoms with E-state index in [4.69, 9.17) is 5.73 Å². The van der Waals surface area contributed by atoms with Crippen LogP contribution >= 0.6 is 0 Å². The van der Waals surface area contributed by atoms with Crippen LogP contribution in [-0.4, -0.2) is 75.1 Å². The van der Waals surface area contributed by atoms with Crippen LogP contribution < -0.4 is 11.1 Å². The van der Waals surface area contributed by atoms with E-state index in [1.165, 1.54) is 4.90 Å². The zero-order valence-corrected chi connectivity index (χ0v) is 19.5. The van der Waals surface area contributed by atoms with Gasteiger partial charge in [0.2, 0.25) is 5.78 Å². The number of phenols is 1. The molecule has 10 nitrogen and oxygen atoms in total. The van der Waals surface area contributed by atoms with Crippen LogP contribution in [0.2, 0.25) is 0 Å². The summed E-state index contributed by atoms with van der Waals surface area (Å²) < 4.78 is 0. The number of phenolic OH excluding ortho intramolecular Hbond substituents is 1. The summed E-state index contributed by atoms with van der Waals surface area (Å²) in [5, 5.41) is 47.7. The summed E-state index contributed by atoms with van der Waals surface area (Å²) in [5.74, 6) is -6.39. The number of primary amides is 1. The molecule has 5 rings (SSSR count). The second-order valence-electron chi connectivity index (χ2n) is 10.2. The van der Waals surface area contributed by atoms with E-state index in [-0.39, 0.29) is 29.3 Å². The number of aromatic hydroxyl groups is 1. The van der Waals surface area contributed by atoms with Crippen molar-refractivity contribution in [2.45, 2.75) is 43.4 Å². The molecule has 186 valence electrons. The largest absolute Gasteiger partial charge is 0.508 e. The van der Waals surface area contributed by atoms with Gasteiger partial charge in [0.05, 0.1) is 11.6 Å². The number of ketones is 2. The number of nitrogens with one attached hydrogen (secondary N) is 1. The first kappa shape index (κ1) is 23.5. The standard InChI is InChI=1S/C25H29N3O7/c1-28(2)19-13-8-12-7-11-6-10(14-4-3-5-27-14)9-15(29)16(11)20(30)17(12)22(32)25(13,35)23(33)18(21(19)31)24(26)34/h6,9,12-14,19,27,29-30,33,35H,3-5,7-8H2,1-2H3,(H2,26,34)/t12-,13-,14-,19-,25-/m0/s1. The normalized spacial score (nSPS) is 32.6. The van der Waals surface area contributed by atoms with Gasteiger partial charge >= 0.3 is 0 Å². The van der Waals surface area contributed by atoms with Crippen molar-refractivity contribution in [2.75, 3.05) is 20.6 Å². The molecule has 1 aromatic rings. The third-order valence-electron chi connectivity index (χ3n) is 8.01. The van der Waals surface area contributed by atoms with E-state index in [2.05, 4.69) is 5.32 Å². The number of likely N-dealkylation sites (N-methyl/N-ethyl adjacent to an activating group) is 1. The Labute approximate surface area is 201 Å². The molecule has 10 heteroatoms. The van der Waals surface area contributed by atoms with Crippen LogP contribution in [0, 0.1) is 11.8 Å². The number of nitrogens with two attached hydrogens (primary N) is 1. The highest BCUT2D eigenvalue weighted by molar-refractivity contribution is 6.24. The summed E-state index contributed by atoms with van der Waals surface area (Å²) in [5.41, 5.74) is 3.42. The predicted molar refractivity (Wildman–Crippen MR) is 124 cm³/mol. The van der Waals surface area contributed by atoms with Gasteiger partial charge in [0.25, 0.3) is 5.91 Å². The molecular formula is C25H29N3O7. The van der Waals surface area contributed by atoms with Crippen molar-refractivity contribution in [1.29, 1.82) is 0 Å². The fourth-order valence-electron chi connectivity index (χ4n) is 6.47. The number of amides is 1. The number of fused-ring (bicyclic) bond motifs is 3. The average Bonchev–Trinajstić information content (AvgIpc) is 3.30. The summed E-state index contributed by atoms with van der Waals surface area (Å²) in [6.07, 6.45) is 2.31. The van der Waals surface area contributed by atoms with Crippen LogP contribution in [0.1, 0.15) is 42.0 Å². The Kier molecular flexibility index (Phi) is 5.31. The van der Waals surface area contributed by atoms with Gasteiger partial charge in [-0.15, -0.1) is 0 Å². The quantitative estimate of drug-likeness (QED) is 0.332. The van der Waals surface area contributed by atoms with Crippen molar-refractivity contribution in [3.05, 3.63) is 45.7 Å². The van der Waals surface area contributed by atoms with Gasteiger partial charge < -0.3 is 31.5 Å². The van der Waals surface area contributed by atoms with Gasteiger partial charge in [-0.05, 0) is 69.4 Å². The first-order valence-corrected chi connectivity index (χ1v) is 11.7. The summed E-state index contributed by atoms with van der Waals surface area (Å²) >= 11 is 0. The molecule has 35 heavy (non-hydrogen) atoms. The highest BCUT2D eigenvalue weighted by atomic mass is 16.3.